The van der Waals surface area contributed by atoms with E-state index in [1.54, 1.807) is 12.1 Å². The van der Waals surface area contributed by atoms with E-state index in [4.69, 9.17) is 0 Å². The van der Waals surface area contributed by atoms with Crippen molar-refractivity contribution < 1.29 is 9.72 Å². The summed E-state index contributed by atoms with van der Waals surface area (Å²) in [5.41, 5.74) is 2.13. The van der Waals surface area contributed by atoms with E-state index in [2.05, 4.69) is 10.2 Å². The third-order valence-electron chi connectivity index (χ3n) is 2.83. The van der Waals surface area contributed by atoms with Crippen LogP contribution in [0.4, 0.5) is 11.4 Å². The van der Waals surface area contributed by atoms with Crippen LogP contribution < -0.4 is 0 Å². The van der Waals surface area contributed by atoms with Gasteiger partial charge in [0.15, 0.2) is 5.78 Å². The van der Waals surface area contributed by atoms with Crippen molar-refractivity contribution in [3.05, 3.63) is 69.8 Å². The van der Waals surface area contributed by atoms with Crippen LogP contribution in [-0.4, -0.2) is 17.3 Å². The second kappa shape index (κ2) is 6.51. The van der Waals surface area contributed by atoms with Crippen LogP contribution in [0.2, 0.25) is 0 Å². The maximum absolute atomic E-state index is 11.8. The van der Waals surface area contributed by atoms with Crippen molar-refractivity contribution in [3.63, 3.8) is 0 Å². The molecule has 0 aromatic heterocycles. The molecule has 0 aliphatic rings. The fourth-order valence-electron chi connectivity index (χ4n) is 1.65. The quantitative estimate of drug-likeness (QED) is 0.361. The van der Waals surface area contributed by atoms with Crippen molar-refractivity contribution >= 4 is 17.2 Å². The summed E-state index contributed by atoms with van der Waals surface area (Å²) in [4.78, 5) is 21.9. The first-order valence-corrected chi connectivity index (χ1v) is 6.28. The van der Waals surface area contributed by atoms with Crippen LogP contribution in [-0.2, 0) is 0 Å². The second-order valence-electron chi connectivity index (χ2n) is 4.46. The third kappa shape index (κ3) is 4.04. The molecule has 21 heavy (non-hydrogen) atoms. The van der Waals surface area contributed by atoms with Crippen molar-refractivity contribution in [2.24, 2.45) is 10.2 Å². The zero-order valence-corrected chi connectivity index (χ0v) is 11.4. The molecule has 2 aromatic rings. The van der Waals surface area contributed by atoms with E-state index in [9.17, 15) is 14.9 Å². The standard InChI is InChI=1S/C15H13N3O3/c1-11-2-4-12(5-3-11)15(19)10-16-17-13-6-8-14(9-7-13)18(20)21/h2-9H,10H2,1H3. The minimum atomic E-state index is -0.484. The van der Waals surface area contributed by atoms with Gasteiger partial charge in [-0.1, -0.05) is 29.8 Å². The van der Waals surface area contributed by atoms with Gasteiger partial charge in [0.2, 0.25) is 0 Å². The molecule has 0 fully saturated rings. The molecule has 0 saturated heterocycles. The van der Waals surface area contributed by atoms with Gasteiger partial charge in [0.25, 0.3) is 5.69 Å². The summed E-state index contributed by atoms with van der Waals surface area (Å²) < 4.78 is 0. The lowest BCUT2D eigenvalue weighted by molar-refractivity contribution is -0.384. The molecule has 6 nitrogen and oxygen atoms in total. The van der Waals surface area contributed by atoms with Crippen molar-refractivity contribution in [2.45, 2.75) is 6.92 Å². The van der Waals surface area contributed by atoms with Crippen LogP contribution >= 0.6 is 0 Å². The Labute approximate surface area is 121 Å². The molecule has 0 radical (unpaired) electrons. The van der Waals surface area contributed by atoms with E-state index < -0.39 is 4.92 Å². The lowest BCUT2D eigenvalue weighted by Crippen LogP contribution is -2.02. The number of nitrogens with zero attached hydrogens (tertiary/aromatic N) is 3. The summed E-state index contributed by atoms with van der Waals surface area (Å²) in [6.07, 6.45) is 0. The molecule has 2 aromatic carbocycles. The Morgan fingerprint density at radius 2 is 1.71 bits per heavy atom. The van der Waals surface area contributed by atoms with Gasteiger partial charge in [0.1, 0.15) is 6.54 Å². The van der Waals surface area contributed by atoms with Crippen LogP contribution in [0.15, 0.2) is 58.8 Å². The number of nitro benzene ring substituents is 1. The molecule has 0 aliphatic heterocycles. The second-order valence-corrected chi connectivity index (χ2v) is 4.46. The number of rotatable bonds is 5. The van der Waals surface area contributed by atoms with Crippen molar-refractivity contribution in [1.29, 1.82) is 0 Å². The first-order chi connectivity index (χ1) is 10.1. The van der Waals surface area contributed by atoms with E-state index in [0.29, 0.717) is 11.3 Å². The first-order valence-electron chi connectivity index (χ1n) is 6.28. The van der Waals surface area contributed by atoms with Gasteiger partial charge in [0.05, 0.1) is 10.6 Å². The topological polar surface area (TPSA) is 84.9 Å². The van der Waals surface area contributed by atoms with Gasteiger partial charge in [-0.15, -0.1) is 0 Å². The van der Waals surface area contributed by atoms with E-state index in [-0.39, 0.29) is 18.0 Å². The largest absolute Gasteiger partial charge is 0.292 e. The summed E-state index contributed by atoms with van der Waals surface area (Å²) in [6, 6.07) is 12.9. The van der Waals surface area contributed by atoms with Crippen LogP contribution in [0.5, 0.6) is 0 Å². The predicted octanol–water partition coefficient (Wildman–Crippen LogP) is 3.87. The average Bonchev–Trinajstić information content (AvgIpc) is 2.48. The van der Waals surface area contributed by atoms with Gasteiger partial charge < -0.3 is 0 Å². The first kappa shape index (κ1) is 14.5. The number of carbonyl (C=O) groups is 1. The highest BCUT2D eigenvalue weighted by Gasteiger charge is 2.05. The maximum atomic E-state index is 11.8. The number of benzene rings is 2. The normalized spacial score (nSPS) is 10.7. The van der Waals surface area contributed by atoms with Crippen LogP contribution in [0.1, 0.15) is 15.9 Å². The zero-order chi connectivity index (χ0) is 15.2. The molecule has 2 rings (SSSR count). The van der Waals surface area contributed by atoms with Crippen LogP contribution in [0.3, 0.4) is 0 Å². The molecule has 0 saturated carbocycles. The van der Waals surface area contributed by atoms with Gasteiger partial charge in [0, 0.05) is 17.7 Å². The van der Waals surface area contributed by atoms with E-state index in [1.807, 2.05) is 19.1 Å². The number of azo groups is 1. The number of non-ortho nitro benzene ring substituents is 1. The Kier molecular flexibility index (Phi) is 4.50. The predicted molar refractivity (Wildman–Crippen MR) is 78.0 cm³/mol. The number of hydrogen-bond acceptors (Lipinski definition) is 5. The minimum absolute atomic E-state index is 0.00955. The Morgan fingerprint density at radius 1 is 1.10 bits per heavy atom. The van der Waals surface area contributed by atoms with Gasteiger partial charge in [-0.05, 0) is 19.1 Å². The van der Waals surface area contributed by atoms with Crippen LogP contribution in [0.25, 0.3) is 0 Å². The molecule has 0 spiro atoms. The fourth-order valence-corrected chi connectivity index (χ4v) is 1.65. The smallest absolute Gasteiger partial charge is 0.269 e. The number of nitro groups is 1. The summed E-state index contributed by atoms with van der Waals surface area (Å²) in [5, 5.41) is 18.2. The number of ketones is 1. The number of aryl methyl sites for hydroxylation is 1. The molecule has 0 N–H and O–H groups in total. The Morgan fingerprint density at radius 3 is 2.29 bits per heavy atom. The number of Topliss-reactive ketones (excluding diaryl/α,β-unsaturated/α-hetero) is 1. The van der Waals surface area contributed by atoms with Crippen molar-refractivity contribution in [2.75, 3.05) is 6.54 Å². The molecule has 0 amide bonds. The van der Waals surface area contributed by atoms with E-state index in [1.165, 1.54) is 24.3 Å². The lowest BCUT2D eigenvalue weighted by atomic mass is 10.1. The molecular formula is C15H13N3O3. The highest BCUT2D eigenvalue weighted by Crippen LogP contribution is 2.18. The number of carbonyl (C=O) groups excluding carboxylic acids is 1. The van der Waals surface area contributed by atoms with Crippen molar-refractivity contribution in [3.8, 4) is 0 Å². The summed E-state index contributed by atoms with van der Waals surface area (Å²) >= 11 is 0. The molecule has 0 heterocycles. The highest BCUT2D eigenvalue weighted by atomic mass is 16.6. The molecule has 0 atom stereocenters. The molecule has 0 unspecified atom stereocenters. The summed E-state index contributed by atoms with van der Waals surface area (Å²) in [7, 11) is 0. The van der Waals surface area contributed by atoms with Gasteiger partial charge in [-0.3, -0.25) is 14.9 Å². The monoisotopic (exact) mass is 283 g/mol. The summed E-state index contributed by atoms with van der Waals surface area (Å²) in [6.45, 7) is 1.89. The Balaban J connectivity index is 1.97. The minimum Gasteiger partial charge on any atom is -0.292 e. The molecular weight excluding hydrogens is 270 g/mol. The van der Waals surface area contributed by atoms with Crippen LogP contribution in [0, 0.1) is 17.0 Å². The fraction of sp³-hybridized carbons (Fsp3) is 0.133. The van der Waals surface area contributed by atoms with Gasteiger partial charge >= 0.3 is 0 Å². The zero-order valence-electron chi connectivity index (χ0n) is 11.4. The highest BCUT2D eigenvalue weighted by molar-refractivity contribution is 5.97. The third-order valence-corrected chi connectivity index (χ3v) is 2.83. The Bertz CT molecular complexity index is 676. The van der Waals surface area contributed by atoms with Gasteiger partial charge in [-0.2, -0.15) is 10.2 Å². The Hall–Kier alpha value is -2.89. The summed E-state index contributed by atoms with van der Waals surface area (Å²) in [5.74, 6) is -0.124. The molecule has 6 heteroatoms. The van der Waals surface area contributed by atoms with Crippen molar-refractivity contribution in [1.82, 2.24) is 0 Å². The molecule has 0 aliphatic carbocycles. The number of hydrogen-bond donors (Lipinski definition) is 0. The van der Waals surface area contributed by atoms with E-state index in [0.717, 1.165) is 5.56 Å². The maximum Gasteiger partial charge on any atom is 0.269 e. The average molecular weight is 283 g/mol. The molecule has 0 bridgehead atoms. The SMILES string of the molecule is Cc1ccc(C(=O)CN=Nc2ccc([N+](=O)[O-])cc2)cc1. The molecule has 106 valence electrons. The van der Waals surface area contributed by atoms with E-state index >= 15 is 0 Å². The lowest BCUT2D eigenvalue weighted by Gasteiger charge is -1.98. The van der Waals surface area contributed by atoms with Gasteiger partial charge in [-0.25, -0.2) is 0 Å².